The van der Waals surface area contributed by atoms with Crippen molar-refractivity contribution in [3.05, 3.63) is 66.1 Å². The van der Waals surface area contributed by atoms with Crippen molar-refractivity contribution in [1.29, 1.82) is 0 Å². The normalized spacial score (nSPS) is 10.5. The maximum absolute atomic E-state index is 10.9. The minimum atomic E-state index is -0.388. The van der Waals surface area contributed by atoms with E-state index in [0.717, 1.165) is 21.3 Å². The van der Waals surface area contributed by atoms with Crippen LogP contribution in [0.4, 0.5) is 11.4 Å². The highest BCUT2D eigenvalue weighted by Gasteiger charge is 2.10. The van der Waals surface area contributed by atoms with Crippen LogP contribution in [0, 0.1) is 24.0 Å². The van der Waals surface area contributed by atoms with Crippen LogP contribution in [0.5, 0.6) is 0 Å². The monoisotopic (exact) mass is 412 g/mol. The summed E-state index contributed by atoms with van der Waals surface area (Å²) < 4.78 is 1.69. The second kappa shape index (κ2) is 6.58. The van der Waals surface area contributed by atoms with Crippen molar-refractivity contribution in [2.75, 3.05) is 5.32 Å². The third-order valence-corrected chi connectivity index (χ3v) is 4.14. The molecule has 6 heteroatoms. The van der Waals surface area contributed by atoms with E-state index in [9.17, 15) is 10.1 Å². The second-order valence-electron chi connectivity index (χ2n) is 4.87. The Hall–Kier alpha value is -1.40. The summed E-state index contributed by atoms with van der Waals surface area (Å²) in [6, 6.07) is 9.08. The molecule has 0 saturated heterocycles. The quantitative estimate of drug-likeness (QED) is 0.542. The molecule has 0 aromatic heterocycles. The van der Waals surface area contributed by atoms with Gasteiger partial charge in [-0.25, -0.2) is 0 Å². The molecule has 0 aliphatic heterocycles. The SMILES string of the molecule is Cc1cc(C)c(NCc2cc(Br)cc([N+](=O)[O-])c2)c(Br)c1. The number of nitro groups is 1. The van der Waals surface area contributed by atoms with E-state index in [1.807, 2.05) is 26.0 Å². The van der Waals surface area contributed by atoms with E-state index in [4.69, 9.17) is 0 Å². The first-order valence-electron chi connectivity index (χ1n) is 6.31. The number of hydrogen-bond acceptors (Lipinski definition) is 3. The van der Waals surface area contributed by atoms with Crippen LogP contribution in [0.3, 0.4) is 0 Å². The summed E-state index contributed by atoms with van der Waals surface area (Å²) in [4.78, 5) is 10.5. The van der Waals surface area contributed by atoms with Crippen LogP contribution in [0.2, 0.25) is 0 Å². The zero-order chi connectivity index (χ0) is 15.6. The standard InChI is InChI=1S/C15H14Br2N2O2/c1-9-3-10(2)15(14(17)4-9)18-8-11-5-12(16)7-13(6-11)19(20)21/h3-7,18H,8H2,1-2H3. The van der Waals surface area contributed by atoms with Gasteiger partial charge in [0.2, 0.25) is 0 Å². The van der Waals surface area contributed by atoms with Crippen LogP contribution in [-0.2, 0) is 6.54 Å². The predicted molar refractivity (Wildman–Crippen MR) is 91.7 cm³/mol. The van der Waals surface area contributed by atoms with Crippen LogP contribution in [0.15, 0.2) is 39.3 Å². The number of nitrogens with one attached hydrogen (secondary N) is 1. The fraction of sp³-hybridized carbons (Fsp3) is 0.200. The molecular formula is C15H14Br2N2O2. The molecule has 0 radical (unpaired) electrons. The Labute approximate surface area is 140 Å². The van der Waals surface area contributed by atoms with Crippen LogP contribution in [0.1, 0.15) is 16.7 Å². The third-order valence-electron chi connectivity index (χ3n) is 3.05. The Balaban J connectivity index is 2.23. The molecule has 2 aromatic rings. The van der Waals surface area contributed by atoms with Crippen molar-refractivity contribution in [3.63, 3.8) is 0 Å². The first kappa shape index (κ1) is 16.0. The molecule has 0 fully saturated rings. The van der Waals surface area contributed by atoms with Crippen LogP contribution < -0.4 is 5.32 Å². The van der Waals surface area contributed by atoms with Crippen LogP contribution in [0.25, 0.3) is 0 Å². The topological polar surface area (TPSA) is 55.2 Å². The number of aryl methyl sites for hydroxylation is 2. The average Bonchev–Trinajstić information content (AvgIpc) is 2.36. The number of anilines is 1. The van der Waals surface area contributed by atoms with Gasteiger partial charge in [0.15, 0.2) is 0 Å². The van der Waals surface area contributed by atoms with E-state index in [-0.39, 0.29) is 10.6 Å². The molecule has 0 heterocycles. The molecule has 0 aliphatic carbocycles. The van der Waals surface area contributed by atoms with Crippen molar-refractivity contribution < 1.29 is 4.92 Å². The van der Waals surface area contributed by atoms with E-state index in [1.165, 1.54) is 11.6 Å². The van der Waals surface area contributed by atoms with Crippen molar-refractivity contribution >= 4 is 43.2 Å². The zero-order valence-corrected chi connectivity index (χ0v) is 14.8. The number of nitro benzene ring substituents is 1. The largest absolute Gasteiger partial charge is 0.380 e. The molecule has 0 bridgehead atoms. The predicted octanol–water partition coefficient (Wildman–Crippen LogP) is 5.35. The minimum absolute atomic E-state index is 0.0841. The van der Waals surface area contributed by atoms with E-state index in [0.29, 0.717) is 11.0 Å². The first-order valence-corrected chi connectivity index (χ1v) is 7.90. The van der Waals surface area contributed by atoms with E-state index >= 15 is 0 Å². The molecule has 0 amide bonds. The number of halogens is 2. The smallest absolute Gasteiger partial charge is 0.270 e. The minimum Gasteiger partial charge on any atom is -0.380 e. The highest BCUT2D eigenvalue weighted by Crippen LogP contribution is 2.29. The molecule has 1 N–H and O–H groups in total. The molecular weight excluding hydrogens is 400 g/mol. The van der Waals surface area contributed by atoms with Crippen molar-refractivity contribution in [1.82, 2.24) is 0 Å². The van der Waals surface area contributed by atoms with Gasteiger partial charge < -0.3 is 5.32 Å². The van der Waals surface area contributed by atoms with Gasteiger partial charge in [0.25, 0.3) is 5.69 Å². The summed E-state index contributed by atoms with van der Waals surface area (Å²) in [5, 5.41) is 14.2. The van der Waals surface area contributed by atoms with Gasteiger partial charge in [-0.15, -0.1) is 0 Å². The van der Waals surface area contributed by atoms with Crippen LogP contribution in [-0.4, -0.2) is 4.92 Å². The molecule has 0 unspecified atom stereocenters. The Morgan fingerprint density at radius 3 is 2.48 bits per heavy atom. The number of hydrogen-bond donors (Lipinski definition) is 1. The fourth-order valence-electron chi connectivity index (χ4n) is 2.17. The van der Waals surface area contributed by atoms with Gasteiger partial charge in [-0.2, -0.15) is 0 Å². The molecule has 110 valence electrons. The van der Waals surface area contributed by atoms with Gasteiger partial charge in [0, 0.05) is 27.6 Å². The van der Waals surface area contributed by atoms with Crippen molar-refractivity contribution in [2.45, 2.75) is 20.4 Å². The molecule has 0 saturated carbocycles. The molecule has 2 rings (SSSR count). The molecule has 4 nitrogen and oxygen atoms in total. The lowest BCUT2D eigenvalue weighted by Gasteiger charge is -2.13. The van der Waals surface area contributed by atoms with Crippen molar-refractivity contribution in [3.8, 4) is 0 Å². The zero-order valence-electron chi connectivity index (χ0n) is 11.6. The summed E-state index contributed by atoms with van der Waals surface area (Å²) in [5.74, 6) is 0. The number of nitrogens with zero attached hydrogens (tertiary/aromatic N) is 1. The lowest BCUT2D eigenvalue weighted by Crippen LogP contribution is -2.03. The summed E-state index contributed by atoms with van der Waals surface area (Å²) in [6.45, 7) is 4.59. The average molecular weight is 414 g/mol. The molecule has 21 heavy (non-hydrogen) atoms. The first-order chi connectivity index (χ1) is 9.86. The second-order valence-corrected chi connectivity index (χ2v) is 6.64. The number of rotatable bonds is 4. The van der Waals surface area contributed by atoms with Gasteiger partial charge in [0.1, 0.15) is 0 Å². The van der Waals surface area contributed by atoms with E-state index in [1.54, 1.807) is 6.07 Å². The summed E-state index contributed by atoms with van der Waals surface area (Å²) in [7, 11) is 0. The van der Waals surface area contributed by atoms with Crippen LogP contribution >= 0.6 is 31.9 Å². The lowest BCUT2D eigenvalue weighted by molar-refractivity contribution is -0.385. The fourth-order valence-corrected chi connectivity index (χ4v) is 3.51. The number of non-ortho nitro benzene ring substituents is 1. The third kappa shape index (κ3) is 4.04. The van der Waals surface area contributed by atoms with Gasteiger partial charge in [-0.3, -0.25) is 10.1 Å². The summed E-state index contributed by atoms with van der Waals surface area (Å²) in [5.41, 5.74) is 4.25. The van der Waals surface area contributed by atoms with Gasteiger partial charge >= 0.3 is 0 Å². The Morgan fingerprint density at radius 1 is 1.14 bits per heavy atom. The lowest BCUT2D eigenvalue weighted by atomic mass is 10.1. The molecule has 0 spiro atoms. The Bertz CT molecular complexity index is 679. The van der Waals surface area contributed by atoms with Gasteiger partial charge in [-0.1, -0.05) is 22.0 Å². The Kier molecular flexibility index (Phi) is 5.00. The van der Waals surface area contributed by atoms with E-state index < -0.39 is 0 Å². The van der Waals surface area contributed by atoms with Crippen molar-refractivity contribution in [2.24, 2.45) is 0 Å². The Morgan fingerprint density at radius 2 is 1.86 bits per heavy atom. The maximum atomic E-state index is 10.9. The molecule has 0 aliphatic rings. The summed E-state index contributed by atoms with van der Waals surface area (Å²) in [6.07, 6.45) is 0. The highest BCUT2D eigenvalue weighted by molar-refractivity contribution is 9.10. The molecule has 2 aromatic carbocycles. The maximum Gasteiger partial charge on any atom is 0.270 e. The molecule has 0 atom stereocenters. The van der Waals surface area contributed by atoms with E-state index in [2.05, 4.69) is 43.2 Å². The summed E-state index contributed by atoms with van der Waals surface area (Å²) >= 11 is 6.85. The number of benzene rings is 2. The van der Waals surface area contributed by atoms with Gasteiger partial charge in [-0.05, 0) is 58.6 Å². The highest BCUT2D eigenvalue weighted by atomic mass is 79.9. The van der Waals surface area contributed by atoms with Gasteiger partial charge in [0.05, 0.1) is 10.6 Å².